The average Bonchev–Trinajstić information content (AvgIpc) is 2.25. The molecule has 16 heavy (non-hydrogen) atoms. The van der Waals surface area contributed by atoms with Crippen molar-refractivity contribution >= 4 is 8.32 Å². The topological polar surface area (TPSA) is 29.5 Å². The van der Waals surface area contributed by atoms with E-state index in [1.165, 1.54) is 0 Å². The lowest BCUT2D eigenvalue weighted by atomic mass is 9.84. The van der Waals surface area contributed by atoms with Crippen molar-refractivity contribution in [1.29, 1.82) is 0 Å². The third-order valence-electron chi connectivity index (χ3n) is 3.51. The van der Waals surface area contributed by atoms with E-state index in [4.69, 9.17) is 4.43 Å². The maximum Gasteiger partial charge on any atom is 0.189 e. The maximum atomic E-state index is 10.9. The third kappa shape index (κ3) is 2.07. The molecule has 1 saturated heterocycles. The molecule has 2 rings (SSSR count). The molecule has 0 radical (unpaired) electrons. The first-order valence-corrected chi connectivity index (χ1v) is 8.97. The van der Waals surface area contributed by atoms with Crippen molar-refractivity contribution < 1.29 is 9.53 Å². The van der Waals surface area contributed by atoms with Gasteiger partial charge in [-0.25, -0.2) is 0 Å². The molecule has 1 heterocycles. The van der Waals surface area contributed by atoms with Gasteiger partial charge in [0.2, 0.25) is 0 Å². The van der Waals surface area contributed by atoms with Crippen LogP contribution in [0.1, 0.15) is 12.5 Å². The molecule has 1 aromatic rings. The van der Waals surface area contributed by atoms with Gasteiger partial charge in [0.05, 0.1) is 5.60 Å². The Labute approximate surface area is 98.4 Å². The molecule has 0 saturated carbocycles. The van der Waals surface area contributed by atoms with Crippen molar-refractivity contribution in [3.8, 4) is 0 Å². The Bertz CT molecular complexity index is 363. The number of benzene rings is 1. The van der Waals surface area contributed by atoms with Crippen LogP contribution in [0.3, 0.4) is 0 Å². The summed E-state index contributed by atoms with van der Waals surface area (Å²) < 4.78 is 5.87. The summed E-state index contributed by atoms with van der Waals surface area (Å²) in [6, 6.07) is 10.8. The fourth-order valence-electron chi connectivity index (χ4n) is 2.48. The van der Waals surface area contributed by atoms with E-state index in [1.807, 2.05) is 30.3 Å². The summed E-state index contributed by atoms with van der Waals surface area (Å²) in [5.74, 6) is 0.162. The molecule has 2 atom stereocenters. The second-order valence-electron chi connectivity index (χ2n) is 5.44. The summed E-state index contributed by atoms with van der Waals surface area (Å²) in [5, 5.41) is 10.9. The smallest absolute Gasteiger partial charge is 0.189 e. The molecule has 88 valence electrons. The number of hydrogen-bond donors (Lipinski definition) is 1. The Morgan fingerprint density at radius 3 is 2.56 bits per heavy atom. The number of aliphatic hydroxyl groups is 1. The molecule has 1 fully saturated rings. The van der Waals surface area contributed by atoms with Gasteiger partial charge in [-0.15, -0.1) is 0 Å². The lowest BCUT2D eigenvalue weighted by Crippen LogP contribution is -2.51. The molecule has 0 unspecified atom stereocenters. The molecule has 1 N–H and O–H groups in total. The van der Waals surface area contributed by atoms with Gasteiger partial charge in [-0.1, -0.05) is 37.3 Å². The molecule has 0 amide bonds. The zero-order valence-corrected chi connectivity index (χ0v) is 11.2. The molecular weight excluding hydrogens is 216 g/mol. The summed E-state index contributed by atoms with van der Waals surface area (Å²) in [5.41, 5.74) is 0.335. The van der Waals surface area contributed by atoms with Crippen LogP contribution in [-0.4, -0.2) is 20.0 Å². The van der Waals surface area contributed by atoms with Crippen LogP contribution < -0.4 is 0 Å². The largest absolute Gasteiger partial charge is 0.417 e. The SMILES string of the molecule is C[C@@H]1CO[Si](C)(C)C[C@@]1(O)c1ccccc1. The van der Waals surface area contributed by atoms with Crippen LogP contribution in [0.5, 0.6) is 0 Å². The highest BCUT2D eigenvalue weighted by molar-refractivity contribution is 6.71. The fraction of sp³-hybridized carbons (Fsp3) is 0.538. The molecule has 1 aliphatic rings. The first kappa shape index (κ1) is 11.8. The quantitative estimate of drug-likeness (QED) is 0.760. The molecular formula is C13H20O2Si. The molecule has 0 aliphatic carbocycles. The van der Waals surface area contributed by atoms with Crippen molar-refractivity contribution in [2.24, 2.45) is 5.92 Å². The Morgan fingerprint density at radius 1 is 1.31 bits per heavy atom. The number of hydrogen-bond acceptors (Lipinski definition) is 2. The standard InChI is InChI=1S/C13H20O2Si/c1-11-9-15-16(2,3)10-13(11,14)12-7-5-4-6-8-12/h4-8,11,14H,9-10H2,1-3H3/t11-,13+/m1/s1. The summed E-state index contributed by atoms with van der Waals surface area (Å²) in [6.07, 6.45) is 0. The first-order valence-electron chi connectivity index (χ1n) is 5.86. The average molecular weight is 236 g/mol. The normalized spacial score (nSPS) is 33.6. The Kier molecular flexibility index (Phi) is 2.95. The van der Waals surface area contributed by atoms with Crippen LogP contribution in [0.2, 0.25) is 19.1 Å². The van der Waals surface area contributed by atoms with Crippen LogP contribution in [0.25, 0.3) is 0 Å². The van der Waals surface area contributed by atoms with E-state index in [-0.39, 0.29) is 5.92 Å². The van der Waals surface area contributed by atoms with Crippen LogP contribution in [-0.2, 0) is 10.0 Å². The van der Waals surface area contributed by atoms with Gasteiger partial charge >= 0.3 is 0 Å². The van der Waals surface area contributed by atoms with Gasteiger partial charge in [0, 0.05) is 12.5 Å². The van der Waals surface area contributed by atoms with Crippen LogP contribution >= 0.6 is 0 Å². The lowest BCUT2D eigenvalue weighted by Gasteiger charge is -2.45. The van der Waals surface area contributed by atoms with Crippen LogP contribution in [0.4, 0.5) is 0 Å². The fourth-order valence-corrected chi connectivity index (χ4v) is 5.13. The zero-order valence-electron chi connectivity index (χ0n) is 10.2. The minimum absolute atomic E-state index is 0.162. The summed E-state index contributed by atoms with van der Waals surface area (Å²) in [7, 11) is -1.70. The highest BCUT2D eigenvalue weighted by Gasteiger charge is 2.46. The monoisotopic (exact) mass is 236 g/mol. The van der Waals surface area contributed by atoms with Crippen molar-refractivity contribution in [2.75, 3.05) is 6.61 Å². The van der Waals surface area contributed by atoms with Crippen molar-refractivity contribution in [3.63, 3.8) is 0 Å². The molecule has 0 aromatic heterocycles. The van der Waals surface area contributed by atoms with Crippen molar-refractivity contribution in [2.45, 2.75) is 31.7 Å². The molecule has 1 aromatic carbocycles. The van der Waals surface area contributed by atoms with Gasteiger partial charge in [0.25, 0.3) is 0 Å². The van der Waals surface area contributed by atoms with E-state index in [9.17, 15) is 5.11 Å². The van der Waals surface area contributed by atoms with E-state index < -0.39 is 13.9 Å². The molecule has 0 spiro atoms. The predicted octanol–water partition coefficient (Wildman–Crippen LogP) is 2.75. The lowest BCUT2D eigenvalue weighted by molar-refractivity contribution is -0.0405. The van der Waals surface area contributed by atoms with Gasteiger partial charge in [-0.3, -0.25) is 0 Å². The number of rotatable bonds is 1. The van der Waals surface area contributed by atoms with E-state index in [1.54, 1.807) is 0 Å². The Hall–Kier alpha value is -0.643. The minimum atomic E-state index is -1.70. The van der Waals surface area contributed by atoms with E-state index in [0.29, 0.717) is 6.61 Å². The van der Waals surface area contributed by atoms with Gasteiger partial charge < -0.3 is 9.53 Å². The van der Waals surface area contributed by atoms with Gasteiger partial charge in [0.1, 0.15) is 0 Å². The predicted molar refractivity (Wildman–Crippen MR) is 67.7 cm³/mol. The van der Waals surface area contributed by atoms with E-state index in [2.05, 4.69) is 20.0 Å². The Balaban J connectivity index is 2.35. The van der Waals surface area contributed by atoms with Gasteiger partial charge in [-0.05, 0) is 24.7 Å². The third-order valence-corrected chi connectivity index (χ3v) is 5.85. The van der Waals surface area contributed by atoms with Crippen molar-refractivity contribution in [1.82, 2.24) is 0 Å². The molecule has 1 aliphatic heterocycles. The second-order valence-corrected chi connectivity index (χ2v) is 9.60. The van der Waals surface area contributed by atoms with Crippen LogP contribution in [0.15, 0.2) is 30.3 Å². The summed E-state index contributed by atoms with van der Waals surface area (Å²) in [4.78, 5) is 0. The second kappa shape index (κ2) is 3.98. The van der Waals surface area contributed by atoms with Gasteiger partial charge in [-0.2, -0.15) is 0 Å². The minimum Gasteiger partial charge on any atom is -0.417 e. The molecule has 0 bridgehead atoms. The molecule has 3 heteroatoms. The highest BCUT2D eigenvalue weighted by atomic mass is 28.4. The summed E-state index contributed by atoms with van der Waals surface area (Å²) >= 11 is 0. The Morgan fingerprint density at radius 2 is 1.94 bits per heavy atom. The van der Waals surface area contributed by atoms with E-state index >= 15 is 0 Å². The maximum absolute atomic E-state index is 10.9. The van der Waals surface area contributed by atoms with Crippen LogP contribution in [0, 0.1) is 5.92 Å². The van der Waals surface area contributed by atoms with Crippen molar-refractivity contribution in [3.05, 3.63) is 35.9 Å². The zero-order chi connectivity index (χ0) is 11.8. The first-order chi connectivity index (χ1) is 7.44. The summed E-state index contributed by atoms with van der Waals surface area (Å²) in [6.45, 7) is 7.08. The van der Waals surface area contributed by atoms with E-state index in [0.717, 1.165) is 11.6 Å². The van der Waals surface area contributed by atoms with Gasteiger partial charge in [0.15, 0.2) is 8.32 Å². The molecule has 2 nitrogen and oxygen atoms in total. The highest BCUT2D eigenvalue weighted by Crippen LogP contribution is 2.41.